The van der Waals surface area contributed by atoms with Crippen molar-refractivity contribution in [3.05, 3.63) is 63.7 Å². The zero-order valence-electron chi connectivity index (χ0n) is 11.1. The predicted molar refractivity (Wildman–Crippen MR) is 89.8 cm³/mol. The van der Waals surface area contributed by atoms with E-state index in [2.05, 4.69) is 15.3 Å². The second-order valence-corrected chi connectivity index (χ2v) is 6.06. The number of halogens is 2. The molecule has 2 aromatic heterocycles. The van der Waals surface area contributed by atoms with Gasteiger partial charge in [0.05, 0.1) is 16.3 Å². The Labute approximate surface area is 140 Å². The quantitative estimate of drug-likeness (QED) is 0.741. The molecular formula is C15H9Cl2N3OS. The summed E-state index contributed by atoms with van der Waals surface area (Å²) in [5, 5.41) is 6.17. The van der Waals surface area contributed by atoms with E-state index in [-0.39, 0.29) is 5.91 Å². The Morgan fingerprint density at radius 2 is 2.09 bits per heavy atom. The average Bonchev–Trinajstić information content (AvgIpc) is 2.99. The minimum Gasteiger partial charge on any atom is -0.298 e. The second kappa shape index (κ2) is 6.44. The number of hydrogen-bond donors (Lipinski definition) is 1. The van der Waals surface area contributed by atoms with Gasteiger partial charge in [0.2, 0.25) is 0 Å². The molecule has 0 saturated heterocycles. The minimum atomic E-state index is -0.258. The average molecular weight is 350 g/mol. The Morgan fingerprint density at radius 1 is 1.23 bits per heavy atom. The Kier molecular flexibility index (Phi) is 4.38. The number of aromatic nitrogens is 2. The van der Waals surface area contributed by atoms with E-state index in [9.17, 15) is 4.79 Å². The van der Waals surface area contributed by atoms with Gasteiger partial charge in [0.25, 0.3) is 5.91 Å². The molecule has 1 amide bonds. The van der Waals surface area contributed by atoms with Crippen molar-refractivity contribution in [1.29, 1.82) is 0 Å². The molecule has 22 heavy (non-hydrogen) atoms. The van der Waals surface area contributed by atoms with Crippen LogP contribution in [0.15, 0.2) is 48.1 Å². The molecule has 110 valence electrons. The summed E-state index contributed by atoms with van der Waals surface area (Å²) in [5.41, 5.74) is 1.87. The number of nitrogens with one attached hydrogen (secondary N) is 1. The number of pyridine rings is 1. The fourth-order valence-corrected chi connectivity index (χ4v) is 2.91. The van der Waals surface area contributed by atoms with Gasteiger partial charge in [0.15, 0.2) is 5.13 Å². The second-order valence-electron chi connectivity index (χ2n) is 4.36. The highest BCUT2D eigenvalue weighted by atomic mass is 35.5. The number of carbonyl (C=O) groups is 1. The zero-order chi connectivity index (χ0) is 15.5. The van der Waals surface area contributed by atoms with Crippen LogP contribution in [0, 0.1) is 0 Å². The Bertz CT molecular complexity index is 821. The normalized spacial score (nSPS) is 10.5. The lowest BCUT2D eigenvalue weighted by Gasteiger charge is -2.02. The van der Waals surface area contributed by atoms with E-state index in [0.29, 0.717) is 26.4 Å². The van der Waals surface area contributed by atoms with Crippen LogP contribution in [0.2, 0.25) is 10.0 Å². The van der Waals surface area contributed by atoms with Gasteiger partial charge in [0, 0.05) is 28.4 Å². The molecule has 0 saturated carbocycles. The van der Waals surface area contributed by atoms with Crippen LogP contribution in [-0.2, 0) is 0 Å². The largest absolute Gasteiger partial charge is 0.298 e. The van der Waals surface area contributed by atoms with Gasteiger partial charge in [-0.1, -0.05) is 23.2 Å². The fourth-order valence-electron chi connectivity index (χ4n) is 1.82. The van der Waals surface area contributed by atoms with E-state index in [1.165, 1.54) is 17.5 Å². The number of hydrogen-bond acceptors (Lipinski definition) is 4. The van der Waals surface area contributed by atoms with Gasteiger partial charge >= 0.3 is 0 Å². The van der Waals surface area contributed by atoms with Gasteiger partial charge < -0.3 is 0 Å². The third-order valence-electron chi connectivity index (χ3n) is 2.85. The first-order chi connectivity index (χ1) is 10.6. The molecule has 3 aromatic rings. The van der Waals surface area contributed by atoms with Gasteiger partial charge in [-0.2, -0.15) is 0 Å². The molecule has 0 radical (unpaired) electrons. The number of thiazole rings is 1. The number of nitrogens with zero attached hydrogens (tertiary/aromatic N) is 2. The lowest BCUT2D eigenvalue weighted by molar-refractivity contribution is 0.102. The lowest BCUT2D eigenvalue weighted by Crippen LogP contribution is -2.11. The van der Waals surface area contributed by atoms with Crippen LogP contribution >= 0.6 is 34.5 Å². The summed E-state index contributed by atoms with van der Waals surface area (Å²) in [6, 6.07) is 8.56. The summed E-state index contributed by atoms with van der Waals surface area (Å²) >= 11 is 13.4. The van der Waals surface area contributed by atoms with Gasteiger partial charge in [-0.3, -0.25) is 15.1 Å². The molecule has 2 heterocycles. The first-order valence-electron chi connectivity index (χ1n) is 6.26. The zero-order valence-corrected chi connectivity index (χ0v) is 13.4. The topological polar surface area (TPSA) is 54.9 Å². The van der Waals surface area contributed by atoms with Crippen molar-refractivity contribution in [3.8, 4) is 11.3 Å². The fraction of sp³-hybridized carbons (Fsp3) is 0. The number of benzene rings is 1. The molecule has 0 aliphatic heterocycles. The molecule has 1 N–H and O–H groups in total. The summed E-state index contributed by atoms with van der Waals surface area (Å²) < 4.78 is 0. The number of anilines is 1. The van der Waals surface area contributed by atoms with E-state index in [0.717, 1.165) is 5.56 Å². The van der Waals surface area contributed by atoms with Gasteiger partial charge in [-0.15, -0.1) is 11.3 Å². The Morgan fingerprint density at radius 3 is 2.86 bits per heavy atom. The van der Waals surface area contributed by atoms with E-state index in [4.69, 9.17) is 23.2 Å². The third-order valence-corrected chi connectivity index (χ3v) is 4.18. The Balaban J connectivity index is 1.82. The number of carbonyl (C=O) groups excluding carboxylic acids is 1. The van der Waals surface area contributed by atoms with Crippen molar-refractivity contribution >= 4 is 45.6 Å². The SMILES string of the molecule is O=C(Nc1nc(-c2cc(Cl)ccc2Cl)cs1)c1cccnc1. The van der Waals surface area contributed by atoms with Crippen molar-refractivity contribution in [1.82, 2.24) is 9.97 Å². The van der Waals surface area contributed by atoms with Crippen molar-refractivity contribution in [2.75, 3.05) is 5.32 Å². The maximum absolute atomic E-state index is 12.0. The lowest BCUT2D eigenvalue weighted by atomic mass is 10.2. The highest BCUT2D eigenvalue weighted by Crippen LogP contribution is 2.32. The molecule has 0 fully saturated rings. The number of rotatable bonds is 3. The summed E-state index contributed by atoms with van der Waals surface area (Å²) in [4.78, 5) is 20.3. The van der Waals surface area contributed by atoms with Crippen LogP contribution in [0.3, 0.4) is 0 Å². The summed E-state index contributed by atoms with van der Waals surface area (Å²) in [6.07, 6.45) is 3.11. The summed E-state index contributed by atoms with van der Waals surface area (Å²) in [6.45, 7) is 0. The molecule has 7 heteroatoms. The van der Waals surface area contributed by atoms with Crippen molar-refractivity contribution in [3.63, 3.8) is 0 Å². The summed E-state index contributed by atoms with van der Waals surface area (Å²) in [5.74, 6) is -0.258. The maximum atomic E-state index is 12.0. The molecule has 3 rings (SSSR count). The van der Waals surface area contributed by atoms with Crippen LogP contribution in [0.25, 0.3) is 11.3 Å². The van der Waals surface area contributed by atoms with E-state index < -0.39 is 0 Å². The molecular weight excluding hydrogens is 341 g/mol. The molecule has 0 unspecified atom stereocenters. The van der Waals surface area contributed by atoms with Crippen LogP contribution in [-0.4, -0.2) is 15.9 Å². The van der Waals surface area contributed by atoms with Crippen LogP contribution in [0.5, 0.6) is 0 Å². The molecule has 0 bridgehead atoms. The highest BCUT2D eigenvalue weighted by molar-refractivity contribution is 7.14. The van der Waals surface area contributed by atoms with E-state index in [1.54, 1.807) is 36.5 Å². The highest BCUT2D eigenvalue weighted by Gasteiger charge is 2.12. The van der Waals surface area contributed by atoms with E-state index >= 15 is 0 Å². The summed E-state index contributed by atoms with van der Waals surface area (Å²) in [7, 11) is 0. The van der Waals surface area contributed by atoms with Crippen molar-refractivity contribution in [2.24, 2.45) is 0 Å². The molecule has 0 aliphatic carbocycles. The minimum absolute atomic E-state index is 0.258. The van der Waals surface area contributed by atoms with Crippen molar-refractivity contribution < 1.29 is 4.79 Å². The van der Waals surface area contributed by atoms with E-state index in [1.807, 2.05) is 5.38 Å². The molecule has 0 aliphatic rings. The molecule has 0 spiro atoms. The smallest absolute Gasteiger partial charge is 0.259 e. The number of amides is 1. The molecule has 4 nitrogen and oxygen atoms in total. The predicted octanol–water partition coefficient (Wildman–Crippen LogP) is 4.76. The third kappa shape index (κ3) is 3.27. The molecule has 1 aromatic carbocycles. The monoisotopic (exact) mass is 349 g/mol. The Hall–Kier alpha value is -1.95. The van der Waals surface area contributed by atoms with Gasteiger partial charge in [-0.05, 0) is 30.3 Å². The van der Waals surface area contributed by atoms with Crippen LogP contribution in [0.1, 0.15) is 10.4 Å². The first kappa shape index (κ1) is 15.0. The standard InChI is InChI=1S/C15H9Cl2N3OS/c16-10-3-4-12(17)11(6-10)13-8-22-15(19-13)20-14(21)9-2-1-5-18-7-9/h1-8H,(H,19,20,21). The molecule has 0 atom stereocenters. The van der Waals surface area contributed by atoms with Crippen LogP contribution in [0.4, 0.5) is 5.13 Å². The van der Waals surface area contributed by atoms with Crippen LogP contribution < -0.4 is 5.32 Å². The first-order valence-corrected chi connectivity index (χ1v) is 7.89. The van der Waals surface area contributed by atoms with Crippen molar-refractivity contribution in [2.45, 2.75) is 0 Å². The van der Waals surface area contributed by atoms with Gasteiger partial charge in [-0.25, -0.2) is 4.98 Å². The van der Waals surface area contributed by atoms with Gasteiger partial charge in [0.1, 0.15) is 0 Å². The maximum Gasteiger partial charge on any atom is 0.259 e.